The molecule has 0 spiro atoms. The summed E-state index contributed by atoms with van der Waals surface area (Å²) in [5.41, 5.74) is 3.41. The van der Waals surface area contributed by atoms with Crippen molar-refractivity contribution < 1.29 is 14.3 Å². The maximum atomic E-state index is 13.5. The van der Waals surface area contributed by atoms with E-state index in [1.54, 1.807) is 23.1 Å². The molecular formula is C25H24ClN3O3. The Morgan fingerprint density at radius 3 is 2.59 bits per heavy atom. The van der Waals surface area contributed by atoms with Gasteiger partial charge in [0.25, 0.3) is 0 Å². The van der Waals surface area contributed by atoms with E-state index in [1.807, 2.05) is 54.6 Å². The summed E-state index contributed by atoms with van der Waals surface area (Å²) in [5.74, 6) is 0.330. The maximum absolute atomic E-state index is 13.5. The summed E-state index contributed by atoms with van der Waals surface area (Å²) >= 11 is 6.07. The quantitative estimate of drug-likeness (QED) is 0.574. The van der Waals surface area contributed by atoms with E-state index >= 15 is 0 Å². The Kier molecular flexibility index (Phi) is 6.61. The van der Waals surface area contributed by atoms with E-state index < -0.39 is 12.1 Å². The van der Waals surface area contributed by atoms with Gasteiger partial charge in [-0.2, -0.15) is 0 Å². The molecule has 0 unspecified atom stereocenters. The van der Waals surface area contributed by atoms with Gasteiger partial charge in [-0.1, -0.05) is 60.1 Å². The van der Waals surface area contributed by atoms with Gasteiger partial charge >= 0.3 is 6.03 Å². The zero-order valence-corrected chi connectivity index (χ0v) is 18.4. The molecule has 2 N–H and O–H groups in total. The van der Waals surface area contributed by atoms with Crippen LogP contribution in [-0.4, -0.2) is 31.6 Å². The number of benzene rings is 3. The molecule has 4 rings (SSSR count). The molecule has 32 heavy (non-hydrogen) atoms. The molecule has 3 aromatic carbocycles. The monoisotopic (exact) mass is 449 g/mol. The van der Waals surface area contributed by atoms with Crippen molar-refractivity contribution in [3.8, 4) is 5.75 Å². The minimum atomic E-state index is -0.742. The molecule has 1 aliphatic rings. The van der Waals surface area contributed by atoms with Gasteiger partial charge < -0.3 is 20.3 Å². The number of halogens is 1. The largest absolute Gasteiger partial charge is 0.495 e. The maximum Gasteiger partial charge on any atom is 0.320 e. The van der Waals surface area contributed by atoms with Crippen molar-refractivity contribution in [2.75, 3.05) is 23.9 Å². The Balaban J connectivity index is 1.55. The van der Waals surface area contributed by atoms with Gasteiger partial charge in [0.1, 0.15) is 11.8 Å². The Morgan fingerprint density at radius 1 is 1.06 bits per heavy atom. The number of hydrogen-bond acceptors (Lipinski definition) is 3. The van der Waals surface area contributed by atoms with Gasteiger partial charge in [-0.3, -0.25) is 4.79 Å². The summed E-state index contributed by atoms with van der Waals surface area (Å²) in [6.45, 7) is 0.592. The molecule has 1 heterocycles. The van der Waals surface area contributed by atoms with Crippen LogP contribution in [0.4, 0.5) is 16.2 Å². The van der Waals surface area contributed by atoms with Gasteiger partial charge in [-0.05, 0) is 41.8 Å². The molecule has 0 aliphatic carbocycles. The summed E-state index contributed by atoms with van der Waals surface area (Å²) in [4.78, 5) is 28.1. The molecule has 6 nitrogen and oxygen atoms in total. The number of fused-ring (bicyclic) bond motifs is 1. The number of urea groups is 1. The van der Waals surface area contributed by atoms with Crippen molar-refractivity contribution in [1.82, 2.24) is 5.32 Å². The van der Waals surface area contributed by atoms with Gasteiger partial charge in [0, 0.05) is 23.7 Å². The molecule has 0 saturated carbocycles. The van der Waals surface area contributed by atoms with E-state index in [9.17, 15) is 9.59 Å². The highest BCUT2D eigenvalue weighted by molar-refractivity contribution is 6.31. The molecule has 3 aromatic rings. The SMILES string of the molecule is COc1ccc(Cl)cc1NC(=O)N[C@H](Cc1ccccc1)C(=O)N1CCc2ccccc21. The minimum Gasteiger partial charge on any atom is -0.495 e. The Hall–Kier alpha value is -3.51. The number of hydrogen-bond donors (Lipinski definition) is 2. The highest BCUT2D eigenvalue weighted by Crippen LogP contribution is 2.29. The van der Waals surface area contributed by atoms with Gasteiger partial charge in [-0.15, -0.1) is 0 Å². The lowest BCUT2D eigenvalue weighted by Gasteiger charge is -2.25. The van der Waals surface area contributed by atoms with E-state index in [0.29, 0.717) is 29.4 Å². The first-order valence-electron chi connectivity index (χ1n) is 10.4. The molecule has 1 aliphatic heterocycles. The predicted molar refractivity (Wildman–Crippen MR) is 127 cm³/mol. The van der Waals surface area contributed by atoms with Gasteiger partial charge in [-0.25, -0.2) is 4.79 Å². The fraction of sp³-hybridized carbons (Fsp3) is 0.200. The second kappa shape index (κ2) is 9.75. The van der Waals surface area contributed by atoms with Crippen molar-refractivity contribution in [3.63, 3.8) is 0 Å². The summed E-state index contributed by atoms with van der Waals surface area (Å²) < 4.78 is 5.29. The van der Waals surface area contributed by atoms with Gasteiger partial charge in [0.2, 0.25) is 5.91 Å². The van der Waals surface area contributed by atoms with Crippen LogP contribution >= 0.6 is 11.6 Å². The third-order valence-electron chi connectivity index (χ3n) is 5.45. The molecule has 0 bridgehead atoms. The van der Waals surface area contributed by atoms with Crippen LogP contribution in [0.15, 0.2) is 72.8 Å². The normalized spacial score (nSPS) is 13.2. The molecule has 1 atom stereocenters. The van der Waals surface area contributed by atoms with E-state index in [4.69, 9.17) is 16.3 Å². The zero-order chi connectivity index (χ0) is 22.5. The van der Waals surface area contributed by atoms with Crippen LogP contribution in [0, 0.1) is 0 Å². The first-order valence-corrected chi connectivity index (χ1v) is 10.8. The smallest absolute Gasteiger partial charge is 0.320 e. The lowest BCUT2D eigenvalue weighted by atomic mass is 10.0. The predicted octanol–water partition coefficient (Wildman–Crippen LogP) is 4.67. The Bertz CT molecular complexity index is 1120. The molecule has 7 heteroatoms. The molecule has 0 saturated heterocycles. The number of anilines is 2. The van der Waals surface area contributed by atoms with E-state index in [2.05, 4.69) is 10.6 Å². The van der Waals surface area contributed by atoms with Crippen molar-refractivity contribution in [2.24, 2.45) is 0 Å². The molecule has 164 valence electrons. The molecule has 0 aromatic heterocycles. The number of nitrogens with zero attached hydrogens (tertiary/aromatic N) is 1. The average molecular weight is 450 g/mol. The summed E-state index contributed by atoms with van der Waals surface area (Å²) in [6.07, 6.45) is 1.17. The first-order chi connectivity index (χ1) is 15.5. The standard InChI is InChI=1S/C25H24ClN3O3/c1-32-23-12-11-19(26)16-20(23)27-25(31)28-21(15-17-7-3-2-4-8-17)24(30)29-14-13-18-9-5-6-10-22(18)29/h2-12,16,21H,13-15H2,1H3,(H2,27,28,31)/t21-/m1/s1. The van der Waals surface area contributed by atoms with Crippen LogP contribution in [-0.2, 0) is 17.6 Å². The third kappa shape index (κ3) is 4.86. The van der Waals surface area contributed by atoms with Crippen LogP contribution in [0.1, 0.15) is 11.1 Å². The number of carbonyl (C=O) groups excluding carboxylic acids is 2. The van der Waals surface area contributed by atoms with Crippen molar-refractivity contribution >= 4 is 34.9 Å². The highest BCUT2D eigenvalue weighted by Gasteiger charge is 2.31. The van der Waals surface area contributed by atoms with Crippen LogP contribution in [0.25, 0.3) is 0 Å². The summed E-state index contributed by atoms with van der Waals surface area (Å²) in [5, 5.41) is 6.07. The second-order valence-electron chi connectivity index (χ2n) is 7.55. The number of nitrogens with one attached hydrogen (secondary N) is 2. The Morgan fingerprint density at radius 2 is 1.81 bits per heavy atom. The number of amides is 3. The second-order valence-corrected chi connectivity index (χ2v) is 7.99. The number of ether oxygens (including phenoxy) is 1. The van der Waals surface area contributed by atoms with Gasteiger partial charge in [0.05, 0.1) is 12.8 Å². The average Bonchev–Trinajstić information content (AvgIpc) is 3.23. The molecule has 3 amide bonds. The van der Waals surface area contributed by atoms with E-state index in [0.717, 1.165) is 23.2 Å². The highest BCUT2D eigenvalue weighted by atomic mass is 35.5. The van der Waals surface area contributed by atoms with Gasteiger partial charge in [0.15, 0.2) is 0 Å². The minimum absolute atomic E-state index is 0.146. The molecule has 0 fully saturated rings. The molecule has 0 radical (unpaired) electrons. The topological polar surface area (TPSA) is 70.7 Å². The van der Waals surface area contributed by atoms with Crippen molar-refractivity contribution in [1.29, 1.82) is 0 Å². The van der Waals surface area contributed by atoms with Crippen molar-refractivity contribution in [3.05, 3.63) is 88.9 Å². The fourth-order valence-electron chi connectivity index (χ4n) is 3.90. The Labute approximate surface area is 192 Å². The van der Waals surface area contributed by atoms with Crippen molar-refractivity contribution in [2.45, 2.75) is 18.9 Å². The summed E-state index contributed by atoms with van der Waals surface area (Å²) in [7, 11) is 1.51. The number of rotatable bonds is 6. The van der Waals surface area contributed by atoms with E-state index in [1.165, 1.54) is 7.11 Å². The number of para-hydroxylation sites is 1. The first kappa shape index (κ1) is 21.7. The van der Waals surface area contributed by atoms with Crippen LogP contribution < -0.4 is 20.3 Å². The van der Waals surface area contributed by atoms with Crippen LogP contribution in [0.2, 0.25) is 5.02 Å². The third-order valence-corrected chi connectivity index (χ3v) is 5.68. The van der Waals surface area contributed by atoms with Crippen LogP contribution in [0.5, 0.6) is 5.75 Å². The fourth-order valence-corrected chi connectivity index (χ4v) is 4.07. The molecular weight excluding hydrogens is 426 g/mol. The number of methoxy groups -OCH3 is 1. The summed E-state index contributed by atoms with van der Waals surface area (Å²) in [6, 6.07) is 21.2. The zero-order valence-electron chi connectivity index (χ0n) is 17.7. The van der Waals surface area contributed by atoms with Crippen LogP contribution in [0.3, 0.4) is 0 Å². The lowest BCUT2D eigenvalue weighted by molar-refractivity contribution is -0.120. The number of carbonyl (C=O) groups is 2. The lowest BCUT2D eigenvalue weighted by Crippen LogP contribution is -2.50. The van der Waals surface area contributed by atoms with E-state index in [-0.39, 0.29) is 5.91 Å².